The Morgan fingerprint density at radius 1 is 1.00 bits per heavy atom. The van der Waals surface area contributed by atoms with Gasteiger partial charge in [0.25, 0.3) is 0 Å². The average Bonchev–Trinajstić information content (AvgIpc) is 3.11. The summed E-state index contributed by atoms with van der Waals surface area (Å²) in [6.45, 7) is 3.70. The molecule has 5 nitrogen and oxygen atoms in total. The number of nitrogens with one attached hydrogen (secondary N) is 1. The molecule has 1 N–H and O–H groups in total. The Bertz CT molecular complexity index is 1000. The molecule has 124 valence electrons. The predicted octanol–water partition coefficient (Wildman–Crippen LogP) is 3.91. The Balaban J connectivity index is 1.57. The Morgan fingerprint density at radius 2 is 1.92 bits per heavy atom. The van der Waals surface area contributed by atoms with Crippen LogP contribution in [0.2, 0.25) is 0 Å². The van der Waals surface area contributed by atoms with Crippen molar-refractivity contribution in [2.45, 2.75) is 13.5 Å². The second kappa shape index (κ2) is 6.73. The maximum absolute atomic E-state index is 4.58. The molecule has 0 fully saturated rings. The summed E-state index contributed by atoms with van der Waals surface area (Å²) in [5, 5.41) is 4.59. The second-order valence-electron chi connectivity index (χ2n) is 5.94. The van der Waals surface area contributed by atoms with Gasteiger partial charge in [-0.25, -0.2) is 4.98 Å². The van der Waals surface area contributed by atoms with E-state index < -0.39 is 0 Å². The number of para-hydroxylation sites is 1. The smallest absolute Gasteiger partial charge is 0.140 e. The molecule has 3 heterocycles. The molecule has 0 unspecified atom stereocenters. The van der Waals surface area contributed by atoms with Gasteiger partial charge in [0.1, 0.15) is 5.82 Å². The van der Waals surface area contributed by atoms with Crippen LogP contribution < -0.4 is 5.32 Å². The molecule has 0 aliphatic carbocycles. The van der Waals surface area contributed by atoms with Crippen molar-refractivity contribution >= 4 is 16.6 Å². The number of hydrogen-bond donors (Lipinski definition) is 1. The number of imidazole rings is 1. The fourth-order valence-corrected chi connectivity index (χ4v) is 3.01. The summed E-state index contributed by atoms with van der Waals surface area (Å²) in [6, 6.07) is 12.2. The normalized spacial score (nSPS) is 10.9. The molecule has 4 rings (SSSR count). The van der Waals surface area contributed by atoms with Crippen molar-refractivity contribution in [3.05, 3.63) is 72.9 Å². The number of nitrogens with zero attached hydrogens (tertiary/aromatic N) is 4. The van der Waals surface area contributed by atoms with E-state index in [4.69, 9.17) is 0 Å². The van der Waals surface area contributed by atoms with E-state index in [1.165, 1.54) is 0 Å². The van der Waals surface area contributed by atoms with Gasteiger partial charge >= 0.3 is 0 Å². The summed E-state index contributed by atoms with van der Waals surface area (Å²) < 4.78 is 2.17. The first-order valence-electron chi connectivity index (χ1n) is 8.32. The molecule has 0 amide bonds. The fraction of sp³-hybridized carbons (Fsp3) is 0.150. The molecule has 0 bridgehead atoms. The van der Waals surface area contributed by atoms with E-state index in [0.717, 1.165) is 46.6 Å². The number of rotatable bonds is 5. The molecule has 0 aliphatic heterocycles. The lowest BCUT2D eigenvalue weighted by atomic mass is 10.1. The third kappa shape index (κ3) is 3.08. The second-order valence-corrected chi connectivity index (χ2v) is 5.94. The van der Waals surface area contributed by atoms with E-state index in [9.17, 15) is 0 Å². The lowest BCUT2D eigenvalue weighted by molar-refractivity contribution is 0.735. The Kier molecular flexibility index (Phi) is 4.12. The number of hydrogen-bond acceptors (Lipinski definition) is 4. The number of aromatic nitrogens is 4. The van der Waals surface area contributed by atoms with E-state index in [1.807, 2.05) is 55.1 Å². The van der Waals surface area contributed by atoms with Crippen molar-refractivity contribution in [2.24, 2.45) is 0 Å². The monoisotopic (exact) mass is 329 g/mol. The summed E-state index contributed by atoms with van der Waals surface area (Å²) in [6.07, 6.45) is 9.39. The fourth-order valence-electron chi connectivity index (χ4n) is 3.01. The van der Waals surface area contributed by atoms with Crippen molar-refractivity contribution in [1.29, 1.82) is 0 Å². The van der Waals surface area contributed by atoms with Crippen LogP contribution in [0.4, 0.5) is 5.69 Å². The number of aryl methyl sites for hydroxylation is 1. The van der Waals surface area contributed by atoms with Gasteiger partial charge in [0.05, 0.1) is 5.52 Å². The Labute approximate surface area is 146 Å². The van der Waals surface area contributed by atoms with Crippen molar-refractivity contribution in [1.82, 2.24) is 19.5 Å². The molecular weight excluding hydrogens is 310 g/mol. The van der Waals surface area contributed by atoms with Crippen molar-refractivity contribution in [3.63, 3.8) is 0 Å². The molecule has 0 radical (unpaired) electrons. The molecule has 3 aromatic heterocycles. The molecule has 5 heteroatoms. The number of anilines is 1. The SMILES string of the molecule is Cc1cnccc1NCCn1ccnc1-c1ccnc2ccccc12. The standard InChI is InChI=1S/C20H19N5/c1-15-14-21-8-7-18(15)23-10-12-25-13-11-24-20(25)17-6-9-22-19-5-3-2-4-16(17)19/h2-9,11,13-14H,10,12H2,1H3,(H,21,23). The zero-order valence-electron chi connectivity index (χ0n) is 14.1. The summed E-state index contributed by atoms with van der Waals surface area (Å²) in [5.41, 5.74) is 4.36. The predicted molar refractivity (Wildman–Crippen MR) is 100 cm³/mol. The summed E-state index contributed by atoms with van der Waals surface area (Å²) >= 11 is 0. The molecule has 0 atom stereocenters. The van der Waals surface area contributed by atoms with Gasteiger partial charge in [-0.15, -0.1) is 0 Å². The average molecular weight is 329 g/mol. The highest BCUT2D eigenvalue weighted by Crippen LogP contribution is 2.26. The first kappa shape index (κ1) is 15.3. The van der Waals surface area contributed by atoms with Crippen LogP contribution in [-0.4, -0.2) is 26.1 Å². The summed E-state index contributed by atoms with van der Waals surface area (Å²) in [4.78, 5) is 13.1. The van der Waals surface area contributed by atoms with E-state index in [2.05, 4.69) is 37.8 Å². The van der Waals surface area contributed by atoms with Gasteiger partial charge in [0.15, 0.2) is 0 Å². The maximum Gasteiger partial charge on any atom is 0.140 e. The molecule has 1 aromatic carbocycles. The Morgan fingerprint density at radius 3 is 2.84 bits per heavy atom. The molecular formula is C20H19N5. The Hall–Kier alpha value is -3.21. The van der Waals surface area contributed by atoms with Gasteiger partial charge in [-0.3, -0.25) is 9.97 Å². The number of benzene rings is 1. The first-order valence-corrected chi connectivity index (χ1v) is 8.32. The van der Waals surface area contributed by atoms with Gasteiger partial charge in [0, 0.05) is 60.7 Å². The molecule has 0 aliphatic rings. The highest BCUT2D eigenvalue weighted by molar-refractivity contribution is 5.92. The van der Waals surface area contributed by atoms with E-state index in [-0.39, 0.29) is 0 Å². The van der Waals surface area contributed by atoms with Gasteiger partial charge < -0.3 is 9.88 Å². The minimum atomic E-state index is 0.817. The van der Waals surface area contributed by atoms with E-state index in [0.29, 0.717) is 0 Å². The van der Waals surface area contributed by atoms with Gasteiger partial charge in [-0.1, -0.05) is 18.2 Å². The van der Waals surface area contributed by atoms with Crippen molar-refractivity contribution < 1.29 is 0 Å². The minimum absolute atomic E-state index is 0.817. The molecule has 0 saturated heterocycles. The van der Waals surface area contributed by atoms with E-state index in [1.54, 1.807) is 6.20 Å². The molecule has 25 heavy (non-hydrogen) atoms. The van der Waals surface area contributed by atoms with Crippen molar-refractivity contribution in [3.8, 4) is 11.4 Å². The van der Waals surface area contributed by atoms with Crippen molar-refractivity contribution in [2.75, 3.05) is 11.9 Å². The zero-order valence-corrected chi connectivity index (χ0v) is 14.1. The highest BCUT2D eigenvalue weighted by Gasteiger charge is 2.10. The summed E-state index contributed by atoms with van der Waals surface area (Å²) in [7, 11) is 0. The lowest BCUT2D eigenvalue weighted by Crippen LogP contribution is -2.11. The summed E-state index contributed by atoms with van der Waals surface area (Å²) in [5.74, 6) is 0.965. The van der Waals surface area contributed by atoms with Crippen LogP contribution in [0.1, 0.15) is 5.56 Å². The van der Waals surface area contributed by atoms with Crippen LogP contribution in [-0.2, 0) is 6.54 Å². The zero-order chi connectivity index (χ0) is 17.1. The molecule has 0 saturated carbocycles. The van der Waals surface area contributed by atoms with Crippen LogP contribution in [0.15, 0.2) is 67.4 Å². The van der Waals surface area contributed by atoms with Crippen LogP contribution in [0.5, 0.6) is 0 Å². The first-order chi connectivity index (χ1) is 12.3. The number of fused-ring (bicyclic) bond motifs is 1. The third-order valence-electron chi connectivity index (χ3n) is 4.29. The largest absolute Gasteiger partial charge is 0.383 e. The molecule has 4 aromatic rings. The van der Waals surface area contributed by atoms with Gasteiger partial charge in [0.2, 0.25) is 0 Å². The quantitative estimate of drug-likeness (QED) is 0.603. The highest BCUT2D eigenvalue weighted by atomic mass is 15.1. The van der Waals surface area contributed by atoms with Gasteiger partial charge in [-0.2, -0.15) is 0 Å². The minimum Gasteiger partial charge on any atom is -0.383 e. The van der Waals surface area contributed by atoms with Crippen LogP contribution >= 0.6 is 0 Å². The van der Waals surface area contributed by atoms with Crippen LogP contribution in [0.25, 0.3) is 22.3 Å². The maximum atomic E-state index is 4.58. The number of pyridine rings is 2. The van der Waals surface area contributed by atoms with Crippen LogP contribution in [0.3, 0.4) is 0 Å². The van der Waals surface area contributed by atoms with Gasteiger partial charge in [-0.05, 0) is 30.7 Å². The van der Waals surface area contributed by atoms with Crippen LogP contribution in [0, 0.1) is 6.92 Å². The van der Waals surface area contributed by atoms with E-state index >= 15 is 0 Å². The third-order valence-corrected chi connectivity index (χ3v) is 4.29. The molecule has 0 spiro atoms. The lowest BCUT2D eigenvalue weighted by Gasteiger charge is -2.12. The topological polar surface area (TPSA) is 55.6 Å².